The first kappa shape index (κ1) is 12.4. The van der Waals surface area contributed by atoms with Crippen LogP contribution in [0.25, 0.3) is 0 Å². The summed E-state index contributed by atoms with van der Waals surface area (Å²) < 4.78 is 4.89. The quantitative estimate of drug-likeness (QED) is 0.568. The molecule has 0 saturated carbocycles. The molecule has 0 aromatic rings. The van der Waals surface area contributed by atoms with Crippen molar-refractivity contribution in [2.75, 3.05) is 39.9 Å². The molecule has 5 nitrogen and oxygen atoms in total. The number of methoxy groups -OCH3 is 1. The average Bonchev–Trinajstić information content (AvgIpc) is 2.09. The Morgan fingerprint density at radius 3 is 2.80 bits per heavy atom. The molecule has 0 atom stereocenters. The van der Waals surface area contributed by atoms with Gasteiger partial charge < -0.3 is 15.8 Å². The molecule has 1 amide bonds. The molecule has 1 aliphatic heterocycles. The first-order valence-corrected chi connectivity index (χ1v) is 5.30. The monoisotopic (exact) mass is 215 g/mol. The van der Waals surface area contributed by atoms with E-state index in [1.165, 1.54) is 0 Å². The van der Waals surface area contributed by atoms with Crippen molar-refractivity contribution in [2.24, 2.45) is 5.73 Å². The Hall–Kier alpha value is -0.650. The zero-order valence-electron chi connectivity index (χ0n) is 9.58. The van der Waals surface area contributed by atoms with Crippen LogP contribution in [-0.4, -0.2) is 56.2 Å². The summed E-state index contributed by atoms with van der Waals surface area (Å²) in [4.78, 5) is 13.4. The predicted octanol–water partition coefficient (Wildman–Crippen LogP) is -0.828. The van der Waals surface area contributed by atoms with Gasteiger partial charge in [0.2, 0.25) is 5.91 Å². The molecule has 88 valence electrons. The lowest BCUT2D eigenvalue weighted by atomic mass is 9.94. The third-order valence-electron chi connectivity index (χ3n) is 2.38. The van der Waals surface area contributed by atoms with E-state index in [4.69, 9.17) is 10.5 Å². The largest absolute Gasteiger partial charge is 0.385 e. The topological polar surface area (TPSA) is 67.6 Å². The molecule has 15 heavy (non-hydrogen) atoms. The van der Waals surface area contributed by atoms with Crippen LogP contribution in [-0.2, 0) is 9.53 Å². The molecule has 0 aromatic carbocycles. The number of rotatable bonds is 6. The second-order valence-corrected chi connectivity index (χ2v) is 4.50. The Balaban J connectivity index is 2.00. The number of likely N-dealkylation sites (tertiary alicyclic amines) is 1. The van der Waals surface area contributed by atoms with Crippen LogP contribution in [0.5, 0.6) is 0 Å². The normalized spacial score (nSPS) is 19.7. The molecule has 1 aliphatic rings. The first-order valence-electron chi connectivity index (χ1n) is 5.30. The fourth-order valence-corrected chi connectivity index (χ4v) is 1.79. The van der Waals surface area contributed by atoms with Gasteiger partial charge in [0.25, 0.3) is 0 Å². The van der Waals surface area contributed by atoms with E-state index in [2.05, 4.69) is 5.32 Å². The summed E-state index contributed by atoms with van der Waals surface area (Å²) in [6, 6.07) is 0. The van der Waals surface area contributed by atoms with Gasteiger partial charge in [0.05, 0.1) is 6.54 Å². The summed E-state index contributed by atoms with van der Waals surface area (Å²) in [6.07, 6.45) is 0.858. The minimum Gasteiger partial charge on any atom is -0.385 e. The van der Waals surface area contributed by atoms with E-state index in [1.807, 2.05) is 11.8 Å². The maximum absolute atomic E-state index is 11.4. The highest BCUT2D eigenvalue weighted by molar-refractivity contribution is 5.78. The lowest BCUT2D eigenvalue weighted by molar-refractivity contribution is -0.123. The van der Waals surface area contributed by atoms with Gasteiger partial charge in [-0.3, -0.25) is 9.69 Å². The SMILES string of the molecule is COCCCNC(=O)CN1CC(C)(N)C1. The summed E-state index contributed by atoms with van der Waals surface area (Å²) in [5.41, 5.74) is 5.74. The van der Waals surface area contributed by atoms with Gasteiger partial charge in [-0.2, -0.15) is 0 Å². The van der Waals surface area contributed by atoms with E-state index in [1.54, 1.807) is 7.11 Å². The minimum absolute atomic E-state index is 0.0709. The second kappa shape index (κ2) is 5.44. The summed E-state index contributed by atoms with van der Waals surface area (Å²) in [5, 5.41) is 2.84. The van der Waals surface area contributed by atoms with Crippen LogP contribution in [0.15, 0.2) is 0 Å². The molecule has 0 spiro atoms. The Bertz CT molecular complexity index is 211. The lowest BCUT2D eigenvalue weighted by Gasteiger charge is -2.45. The fraction of sp³-hybridized carbons (Fsp3) is 0.900. The number of amides is 1. The number of hydrogen-bond acceptors (Lipinski definition) is 4. The molecule has 0 aromatic heterocycles. The highest BCUT2D eigenvalue weighted by atomic mass is 16.5. The third-order valence-corrected chi connectivity index (χ3v) is 2.38. The van der Waals surface area contributed by atoms with E-state index in [0.717, 1.165) is 19.5 Å². The van der Waals surface area contributed by atoms with E-state index in [0.29, 0.717) is 19.7 Å². The smallest absolute Gasteiger partial charge is 0.234 e. The van der Waals surface area contributed by atoms with Crippen LogP contribution < -0.4 is 11.1 Å². The van der Waals surface area contributed by atoms with Crippen LogP contribution in [0.3, 0.4) is 0 Å². The van der Waals surface area contributed by atoms with Crippen LogP contribution >= 0.6 is 0 Å². The van der Waals surface area contributed by atoms with Gasteiger partial charge in [0.1, 0.15) is 0 Å². The molecular weight excluding hydrogens is 194 g/mol. The van der Waals surface area contributed by atoms with Crippen molar-refractivity contribution >= 4 is 5.91 Å². The van der Waals surface area contributed by atoms with E-state index in [9.17, 15) is 4.79 Å². The standard InChI is InChI=1S/C10H21N3O2/c1-10(11)7-13(8-10)6-9(14)12-4-3-5-15-2/h3-8,11H2,1-2H3,(H,12,14). The van der Waals surface area contributed by atoms with Crippen molar-refractivity contribution in [3.8, 4) is 0 Å². The average molecular weight is 215 g/mol. The van der Waals surface area contributed by atoms with Crippen molar-refractivity contribution in [1.82, 2.24) is 10.2 Å². The molecule has 1 rings (SSSR count). The Kier molecular flexibility index (Phi) is 4.50. The molecule has 1 heterocycles. The number of nitrogens with two attached hydrogens (primary N) is 1. The highest BCUT2D eigenvalue weighted by Gasteiger charge is 2.35. The van der Waals surface area contributed by atoms with Crippen LogP contribution in [0.2, 0.25) is 0 Å². The molecule has 3 N–H and O–H groups in total. The van der Waals surface area contributed by atoms with Crippen LogP contribution in [0, 0.1) is 0 Å². The molecule has 0 aliphatic carbocycles. The number of ether oxygens (including phenoxy) is 1. The Morgan fingerprint density at radius 2 is 2.27 bits per heavy atom. The van der Waals surface area contributed by atoms with E-state index in [-0.39, 0.29) is 11.4 Å². The van der Waals surface area contributed by atoms with Gasteiger partial charge in [0.15, 0.2) is 0 Å². The highest BCUT2D eigenvalue weighted by Crippen LogP contribution is 2.15. The van der Waals surface area contributed by atoms with E-state index < -0.39 is 0 Å². The number of nitrogens with one attached hydrogen (secondary N) is 1. The number of nitrogens with zero attached hydrogens (tertiary/aromatic N) is 1. The fourth-order valence-electron chi connectivity index (χ4n) is 1.79. The Labute approximate surface area is 90.9 Å². The minimum atomic E-state index is -0.101. The number of carbonyl (C=O) groups is 1. The van der Waals surface area contributed by atoms with Gasteiger partial charge in [-0.1, -0.05) is 0 Å². The van der Waals surface area contributed by atoms with Crippen molar-refractivity contribution in [1.29, 1.82) is 0 Å². The van der Waals surface area contributed by atoms with Crippen molar-refractivity contribution in [3.63, 3.8) is 0 Å². The Morgan fingerprint density at radius 1 is 1.60 bits per heavy atom. The van der Waals surface area contributed by atoms with Crippen molar-refractivity contribution in [2.45, 2.75) is 18.9 Å². The maximum atomic E-state index is 11.4. The van der Waals surface area contributed by atoms with Crippen molar-refractivity contribution < 1.29 is 9.53 Å². The maximum Gasteiger partial charge on any atom is 0.234 e. The molecule has 0 unspecified atom stereocenters. The molecule has 1 fully saturated rings. The van der Waals surface area contributed by atoms with Gasteiger partial charge >= 0.3 is 0 Å². The van der Waals surface area contributed by atoms with Gasteiger partial charge in [-0.15, -0.1) is 0 Å². The summed E-state index contributed by atoms with van der Waals surface area (Å²) in [6.45, 7) is 5.43. The van der Waals surface area contributed by atoms with Crippen LogP contribution in [0.1, 0.15) is 13.3 Å². The first-order chi connectivity index (χ1) is 7.03. The second-order valence-electron chi connectivity index (χ2n) is 4.50. The number of carbonyl (C=O) groups excluding carboxylic acids is 1. The molecule has 0 radical (unpaired) electrons. The van der Waals surface area contributed by atoms with E-state index >= 15 is 0 Å². The summed E-state index contributed by atoms with van der Waals surface area (Å²) in [5.74, 6) is 0.0709. The van der Waals surface area contributed by atoms with Crippen LogP contribution in [0.4, 0.5) is 0 Å². The number of hydrogen-bond donors (Lipinski definition) is 2. The molecule has 1 saturated heterocycles. The van der Waals surface area contributed by atoms with Gasteiger partial charge in [-0.05, 0) is 13.3 Å². The van der Waals surface area contributed by atoms with Gasteiger partial charge in [0, 0.05) is 38.9 Å². The third kappa shape index (κ3) is 4.59. The molecule has 5 heteroatoms. The summed E-state index contributed by atoms with van der Waals surface area (Å²) >= 11 is 0. The van der Waals surface area contributed by atoms with Gasteiger partial charge in [-0.25, -0.2) is 0 Å². The zero-order chi connectivity index (χ0) is 11.3. The zero-order valence-corrected chi connectivity index (χ0v) is 9.58. The summed E-state index contributed by atoms with van der Waals surface area (Å²) in [7, 11) is 1.66. The lowest BCUT2D eigenvalue weighted by Crippen LogP contribution is -2.66. The van der Waals surface area contributed by atoms with Crippen molar-refractivity contribution in [3.05, 3.63) is 0 Å². The predicted molar refractivity (Wildman–Crippen MR) is 58.5 cm³/mol. The molecular formula is C10H21N3O2. The molecule has 0 bridgehead atoms.